The summed E-state index contributed by atoms with van der Waals surface area (Å²) in [5.41, 5.74) is 10.7. The quantitative estimate of drug-likeness (QED) is 0.452. The van der Waals surface area contributed by atoms with E-state index in [9.17, 15) is 0 Å². The molecule has 2 aromatic carbocycles. The number of nitrogens with two attached hydrogens (primary N) is 1. The standard InChI is InChI=1S/C10H12N2Se.C9H11N.C4H9NSi.H2Se/c11-10-12-9(7-13-10)6-8-4-2-1-3-5-8;1-2-4-8(5-3-1)6-9-7-10-9;1-6(2,3)4-5;/h1-5,9H,6-7H2,(H2,11,12);1-5,9-10H,6-7H2;1-3H3;1H2. The van der Waals surface area contributed by atoms with Crippen molar-refractivity contribution in [3.8, 4) is 5.69 Å². The van der Waals surface area contributed by atoms with Gasteiger partial charge in [-0.2, -0.15) is 0 Å². The Balaban J connectivity index is 0.000000237. The largest absolute Gasteiger partial charge is 0.311 e. The first kappa shape index (κ1) is 26.7. The smallest absolute Gasteiger partial charge is 0.0233 e. The average Bonchev–Trinajstić information content (AvgIpc) is 3.43. The summed E-state index contributed by atoms with van der Waals surface area (Å²) in [6.45, 7) is 7.27. The fourth-order valence-electron chi connectivity index (χ4n) is 2.55. The van der Waals surface area contributed by atoms with Crippen LogP contribution < -0.4 is 11.1 Å². The van der Waals surface area contributed by atoms with Gasteiger partial charge in [0.05, 0.1) is 0 Å². The normalized spacial score (nSPS) is 18.9. The van der Waals surface area contributed by atoms with Gasteiger partial charge in [-0.3, -0.25) is 0 Å². The zero-order valence-corrected chi connectivity index (χ0v) is 22.9. The number of hydrogen-bond donors (Lipinski definition) is 2. The Morgan fingerprint density at radius 3 is 1.87 bits per heavy atom. The summed E-state index contributed by atoms with van der Waals surface area (Å²) in [7, 11) is -1.33. The molecule has 162 valence electrons. The Hall–Kier alpha value is -1.38. The molecule has 0 saturated carbocycles. The van der Waals surface area contributed by atoms with Gasteiger partial charge in [0.25, 0.3) is 0 Å². The second-order valence-corrected chi connectivity index (χ2v) is 15.2. The fraction of sp³-hybridized carbons (Fsp3) is 0.391. The van der Waals surface area contributed by atoms with Crippen LogP contribution in [0, 0.1) is 11.0 Å². The Bertz CT molecular complexity index is 797. The molecule has 2 aromatic rings. The van der Waals surface area contributed by atoms with Gasteiger partial charge >= 0.3 is 101 Å². The summed E-state index contributed by atoms with van der Waals surface area (Å²) in [4.78, 5) is 4.41. The van der Waals surface area contributed by atoms with Crippen molar-refractivity contribution in [3.05, 3.63) is 71.8 Å². The van der Waals surface area contributed by atoms with E-state index in [0.717, 1.165) is 17.2 Å². The summed E-state index contributed by atoms with van der Waals surface area (Å²) in [5, 5.41) is 12.7. The Morgan fingerprint density at radius 1 is 1.03 bits per heavy atom. The van der Waals surface area contributed by atoms with Gasteiger partial charge in [0.2, 0.25) is 0 Å². The third-order valence-corrected chi connectivity index (χ3v) is 6.87. The molecule has 1 saturated heterocycles. The van der Waals surface area contributed by atoms with Crippen molar-refractivity contribution in [2.75, 3.05) is 6.54 Å². The summed E-state index contributed by atoms with van der Waals surface area (Å²) in [5.74, 6) is 0. The van der Waals surface area contributed by atoms with Crippen LogP contribution in [-0.4, -0.2) is 63.5 Å². The van der Waals surface area contributed by atoms with Crippen LogP contribution >= 0.6 is 0 Å². The number of amidine groups is 1. The van der Waals surface area contributed by atoms with Crippen LogP contribution in [0.5, 0.6) is 0 Å². The molecule has 0 spiro atoms. The van der Waals surface area contributed by atoms with E-state index in [1.807, 2.05) is 25.7 Å². The Kier molecular flexibility index (Phi) is 12.3. The van der Waals surface area contributed by atoms with Crippen LogP contribution in [0.25, 0.3) is 0 Å². The van der Waals surface area contributed by atoms with E-state index >= 15 is 0 Å². The number of nitriles is 1. The first-order valence-corrected chi connectivity index (χ1v) is 15.6. The van der Waals surface area contributed by atoms with Gasteiger partial charge in [-0.25, -0.2) is 5.26 Å². The summed E-state index contributed by atoms with van der Waals surface area (Å²) in [6.07, 6.45) is 2.24. The summed E-state index contributed by atoms with van der Waals surface area (Å²) < 4.78 is 0.883. The molecular formula is C23H34N4Se2Si. The molecule has 7 heteroatoms. The summed E-state index contributed by atoms with van der Waals surface area (Å²) >= 11 is 0.458. The second-order valence-electron chi connectivity index (χ2n) is 8.28. The van der Waals surface area contributed by atoms with Gasteiger partial charge < -0.3 is 5.32 Å². The van der Waals surface area contributed by atoms with Crippen LogP contribution in [0.1, 0.15) is 11.1 Å². The number of rotatable bonds is 4. The predicted molar refractivity (Wildman–Crippen MR) is 136 cm³/mol. The molecule has 30 heavy (non-hydrogen) atoms. The van der Waals surface area contributed by atoms with Crippen molar-refractivity contribution in [3.63, 3.8) is 0 Å². The molecule has 0 radical (unpaired) electrons. The zero-order valence-electron chi connectivity index (χ0n) is 18.1. The SMILES string of the molecule is C[Si](C)(C)C#N.NC1=NC(Cc2ccccc2)C[Se]1.[SeH2].c1ccc(CC2CN2)cc1. The van der Waals surface area contributed by atoms with Crippen LogP contribution in [0.3, 0.4) is 0 Å². The maximum atomic E-state index is 8.21. The molecule has 2 aliphatic rings. The minimum atomic E-state index is -1.33. The maximum absolute atomic E-state index is 8.21. The van der Waals surface area contributed by atoms with Crippen molar-refractivity contribution in [2.24, 2.45) is 10.7 Å². The number of benzene rings is 2. The van der Waals surface area contributed by atoms with Crippen molar-refractivity contribution in [1.29, 1.82) is 5.26 Å². The van der Waals surface area contributed by atoms with Gasteiger partial charge in [0.15, 0.2) is 8.07 Å². The molecule has 2 heterocycles. The van der Waals surface area contributed by atoms with E-state index in [4.69, 9.17) is 11.0 Å². The van der Waals surface area contributed by atoms with E-state index in [1.54, 1.807) is 0 Å². The number of hydrogen-bond acceptors (Lipinski definition) is 4. The van der Waals surface area contributed by atoms with E-state index in [2.05, 4.69) is 70.6 Å². The van der Waals surface area contributed by atoms with Gasteiger partial charge in [0, 0.05) is 18.3 Å². The molecule has 2 aliphatic heterocycles. The molecule has 0 bridgehead atoms. The van der Waals surface area contributed by atoms with Crippen molar-refractivity contribution in [1.82, 2.24) is 5.32 Å². The monoisotopic (exact) mass is 554 g/mol. The Labute approximate surface area is 199 Å². The number of nitrogens with zero attached hydrogens (tertiary/aromatic N) is 2. The van der Waals surface area contributed by atoms with Crippen molar-refractivity contribution >= 4 is 44.8 Å². The van der Waals surface area contributed by atoms with Crippen LogP contribution in [0.15, 0.2) is 65.7 Å². The van der Waals surface area contributed by atoms with E-state index in [1.165, 1.54) is 29.4 Å². The molecule has 0 aromatic heterocycles. The minimum Gasteiger partial charge on any atom is -0.311 e. The second kappa shape index (κ2) is 13.8. The molecule has 4 rings (SSSR count). The van der Waals surface area contributed by atoms with E-state index in [-0.39, 0.29) is 17.1 Å². The van der Waals surface area contributed by atoms with Gasteiger partial charge in [-0.1, -0.05) is 50.0 Å². The van der Waals surface area contributed by atoms with Crippen molar-refractivity contribution in [2.45, 2.75) is 49.9 Å². The molecule has 0 aliphatic carbocycles. The molecule has 1 fully saturated rings. The maximum Gasteiger partial charge on any atom is 0.0233 e. The van der Waals surface area contributed by atoms with E-state index in [0.29, 0.717) is 21.0 Å². The zero-order chi connectivity index (χ0) is 21.1. The molecule has 0 amide bonds. The van der Waals surface area contributed by atoms with Crippen molar-refractivity contribution < 1.29 is 0 Å². The first-order valence-electron chi connectivity index (χ1n) is 10.0. The first-order chi connectivity index (χ1) is 13.9. The fourth-order valence-corrected chi connectivity index (χ4v) is 4.19. The third-order valence-electron chi connectivity index (χ3n) is 4.20. The Morgan fingerprint density at radius 2 is 1.50 bits per heavy atom. The predicted octanol–water partition coefficient (Wildman–Crippen LogP) is 2.72. The molecular weight excluding hydrogens is 518 g/mol. The van der Waals surface area contributed by atoms with Crippen LogP contribution in [-0.2, 0) is 12.8 Å². The average molecular weight is 553 g/mol. The molecule has 2 atom stereocenters. The molecule has 3 N–H and O–H groups in total. The van der Waals surface area contributed by atoms with Crippen LogP contribution in [0.4, 0.5) is 0 Å². The minimum absolute atomic E-state index is 0. The van der Waals surface area contributed by atoms with Gasteiger partial charge in [0.1, 0.15) is 0 Å². The van der Waals surface area contributed by atoms with Crippen LogP contribution in [0.2, 0.25) is 25.0 Å². The topological polar surface area (TPSA) is 84.1 Å². The molecule has 2 unspecified atom stereocenters. The number of nitrogens with one attached hydrogen (secondary N) is 1. The molecule has 4 nitrogen and oxygen atoms in total. The number of aliphatic imine (C=N–C) groups is 1. The van der Waals surface area contributed by atoms with Gasteiger partial charge in [-0.15, -0.1) is 0 Å². The summed E-state index contributed by atoms with van der Waals surface area (Å²) in [6, 6.07) is 22.3. The third kappa shape index (κ3) is 12.3. The van der Waals surface area contributed by atoms with E-state index < -0.39 is 8.07 Å². The van der Waals surface area contributed by atoms with Gasteiger partial charge in [-0.05, 0) is 12.0 Å².